The largest absolute Gasteiger partial charge is 0.368 e. The second-order valence-electron chi connectivity index (χ2n) is 4.80. The molecule has 3 N–H and O–H groups in total. The maximum atomic E-state index is 13.4. The van der Waals surface area contributed by atoms with Crippen molar-refractivity contribution in [3.8, 4) is 0 Å². The van der Waals surface area contributed by atoms with Crippen molar-refractivity contribution in [1.29, 1.82) is 0 Å². The van der Waals surface area contributed by atoms with Crippen LogP contribution in [0, 0.1) is 23.4 Å². The SMILES string of the molecule is CC(C)C[C@H](NC(=O)c1c(F)cc(F)cc1F)C(N)=O. The maximum Gasteiger partial charge on any atom is 0.257 e. The molecule has 0 spiro atoms. The Kier molecular flexibility index (Phi) is 5.12. The Hall–Kier alpha value is -2.05. The topological polar surface area (TPSA) is 72.2 Å². The molecule has 0 aliphatic carbocycles. The Bertz CT molecular complexity index is 509. The fourth-order valence-corrected chi connectivity index (χ4v) is 1.71. The minimum absolute atomic E-state index is 0.0377. The van der Waals surface area contributed by atoms with E-state index in [2.05, 4.69) is 5.32 Å². The summed E-state index contributed by atoms with van der Waals surface area (Å²) in [6.07, 6.45) is 0.228. The number of rotatable bonds is 5. The number of halogens is 3. The lowest BCUT2D eigenvalue weighted by Crippen LogP contribution is -2.45. The Labute approximate surface area is 114 Å². The smallest absolute Gasteiger partial charge is 0.257 e. The molecule has 110 valence electrons. The number of primary amides is 1. The molecule has 0 saturated carbocycles. The molecule has 0 unspecified atom stereocenters. The first-order chi connectivity index (χ1) is 9.22. The number of carbonyl (C=O) groups is 2. The van der Waals surface area contributed by atoms with Gasteiger partial charge in [-0.2, -0.15) is 0 Å². The summed E-state index contributed by atoms with van der Waals surface area (Å²) in [5.74, 6) is -5.74. The van der Waals surface area contributed by atoms with E-state index < -0.39 is 40.9 Å². The van der Waals surface area contributed by atoms with Crippen LogP contribution in [-0.4, -0.2) is 17.9 Å². The van der Waals surface area contributed by atoms with Crippen LogP contribution < -0.4 is 11.1 Å². The van der Waals surface area contributed by atoms with Crippen molar-refractivity contribution in [1.82, 2.24) is 5.32 Å². The average Bonchev–Trinajstić information content (AvgIpc) is 2.25. The first kappa shape index (κ1) is 16.0. The molecule has 0 heterocycles. The molecule has 0 fully saturated rings. The van der Waals surface area contributed by atoms with Gasteiger partial charge in [0.1, 0.15) is 29.1 Å². The van der Waals surface area contributed by atoms with Gasteiger partial charge < -0.3 is 11.1 Å². The van der Waals surface area contributed by atoms with Crippen molar-refractivity contribution in [3.63, 3.8) is 0 Å². The molecule has 0 radical (unpaired) electrons. The summed E-state index contributed by atoms with van der Waals surface area (Å²) in [6.45, 7) is 3.59. The molecule has 1 atom stereocenters. The fourth-order valence-electron chi connectivity index (χ4n) is 1.71. The number of nitrogens with two attached hydrogens (primary N) is 1. The predicted molar refractivity (Wildman–Crippen MR) is 66.2 cm³/mol. The van der Waals surface area contributed by atoms with Crippen LogP contribution in [-0.2, 0) is 4.79 Å². The lowest BCUT2D eigenvalue weighted by atomic mass is 10.0. The Morgan fingerprint density at radius 2 is 1.70 bits per heavy atom. The number of nitrogens with one attached hydrogen (secondary N) is 1. The van der Waals surface area contributed by atoms with Crippen LogP contribution in [0.15, 0.2) is 12.1 Å². The number of carbonyl (C=O) groups excluding carboxylic acids is 2. The van der Waals surface area contributed by atoms with Crippen LogP contribution in [0.5, 0.6) is 0 Å². The van der Waals surface area contributed by atoms with Crippen molar-refractivity contribution in [3.05, 3.63) is 35.1 Å². The van der Waals surface area contributed by atoms with Crippen LogP contribution in [0.25, 0.3) is 0 Å². The van der Waals surface area contributed by atoms with Gasteiger partial charge in [0.05, 0.1) is 0 Å². The monoisotopic (exact) mass is 288 g/mol. The standard InChI is InChI=1S/C13H15F3N2O2/c1-6(2)3-10(12(17)19)18-13(20)11-8(15)4-7(14)5-9(11)16/h4-6,10H,3H2,1-2H3,(H2,17,19)(H,18,20)/t10-/m0/s1. The molecule has 20 heavy (non-hydrogen) atoms. The molecule has 1 rings (SSSR count). The van der Waals surface area contributed by atoms with Gasteiger partial charge in [-0.3, -0.25) is 9.59 Å². The van der Waals surface area contributed by atoms with E-state index in [1.807, 2.05) is 0 Å². The van der Waals surface area contributed by atoms with Crippen LogP contribution in [0.1, 0.15) is 30.6 Å². The summed E-state index contributed by atoms with van der Waals surface area (Å²) < 4.78 is 39.6. The molecule has 7 heteroatoms. The highest BCUT2D eigenvalue weighted by Gasteiger charge is 2.24. The van der Waals surface area contributed by atoms with Crippen LogP contribution in [0.3, 0.4) is 0 Å². The highest BCUT2D eigenvalue weighted by molar-refractivity contribution is 5.97. The van der Waals surface area contributed by atoms with Crippen molar-refractivity contribution < 1.29 is 22.8 Å². The van der Waals surface area contributed by atoms with Gasteiger partial charge in [-0.25, -0.2) is 13.2 Å². The molecule has 1 aromatic rings. The maximum absolute atomic E-state index is 13.4. The lowest BCUT2D eigenvalue weighted by Gasteiger charge is -2.17. The summed E-state index contributed by atoms with van der Waals surface area (Å²) in [4.78, 5) is 23.0. The zero-order chi connectivity index (χ0) is 15.4. The highest BCUT2D eigenvalue weighted by Crippen LogP contribution is 2.15. The zero-order valence-electron chi connectivity index (χ0n) is 11.0. The van der Waals surface area contributed by atoms with E-state index >= 15 is 0 Å². The Balaban J connectivity index is 2.98. The van der Waals surface area contributed by atoms with Gasteiger partial charge in [-0.05, 0) is 12.3 Å². The van der Waals surface area contributed by atoms with E-state index in [-0.39, 0.29) is 12.3 Å². The van der Waals surface area contributed by atoms with E-state index in [0.29, 0.717) is 12.1 Å². The summed E-state index contributed by atoms with van der Waals surface area (Å²) in [5.41, 5.74) is 4.17. The Morgan fingerprint density at radius 3 is 2.10 bits per heavy atom. The number of benzene rings is 1. The molecular formula is C13H15F3N2O2. The first-order valence-electron chi connectivity index (χ1n) is 5.97. The van der Waals surface area contributed by atoms with Gasteiger partial charge in [0.15, 0.2) is 0 Å². The van der Waals surface area contributed by atoms with E-state index in [1.54, 1.807) is 13.8 Å². The minimum Gasteiger partial charge on any atom is -0.368 e. The molecule has 0 aromatic heterocycles. The third-order valence-electron chi connectivity index (χ3n) is 2.59. The van der Waals surface area contributed by atoms with Crippen molar-refractivity contribution in [2.75, 3.05) is 0 Å². The molecular weight excluding hydrogens is 273 g/mol. The van der Waals surface area contributed by atoms with Crippen LogP contribution >= 0.6 is 0 Å². The van der Waals surface area contributed by atoms with E-state index in [9.17, 15) is 22.8 Å². The molecule has 0 saturated heterocycles. The van der Waals surface area contributed by atoms with Gasteiger partial charge in [0, 0.05) is 12.1 Å². The van der Waals surface area contributed by atoms with Crippen molar-refractivity contribution in [2.24, 2.45) is 11.7 Å². The second kappa shape index (κ2) is 6.40. The molecule has 0 aliphatic heterocycles. The summed E-state index contributed by atoms with van der Waals surface area (Å²) >= 11 is 0. The number of amides is 2. The molecule has 2 amide bonds. The number of hydrogen-bond acceptors (Lipinski definition) is 2. The fraction of sp³-hybridized carbons (Fsp3) is 0.385. The van der Waals surface area contributed by atoms with Crippen LogP contribution in [0.2, 0.25) is 0 Å². The molecule has 1 aromatic carbocycles. The molecule has 4 nitrogen and oxygen atoms in total. The van der Waals surface area contributed by atoms with E-state index in [4.69, 9.17) is 5.73 Å². The van der Waals surface area contributed by atoms with Gasteiger partial charge in [-0.15, -0.1) is 0 Å². The van der Waals surface area contributed by atoms with Gasteiger partial charge in [-0.1, -0.05) is 13.8 Å². The molecule has 0 aliphatic rings. The Morgan fingerprint density at radius 1 is 1.20 bits per heavy atom. The van der Waals surface area contributed by atoms with Gasteiger partial charge >= 0.3 is 0 Å². The first-order valence-corrected chi connectivity index (χ1v) is 5.97. The summed E-state index contributed by atoms with van der Waals surface area (Å²) in [5, 5.41) is 2.15. The predicted octanol–water partition coefficient (Wildman–Crippen LogP) is 1.73. The highest BCUT2D eigenvalue weighted by atomic mass is 19.1. The van der Waals surface area contributed by atoms with Crippen molar-refractivity contribution >= 4 is 11.8 Å². The normalized spacial score (nSPS) is 12.3. The third-order valence-corrected chi connectivity index (χ3v) is 2.59. The van der Waals surface area contributed by atoms with E-state index in [0.717, 1.165) is 0 Å². The second-order valence-corrected chi connectivity index (χ2v) is 4.80. The quantitative estimate of drug-likeness (QED) is 0.866. The zero-order valence-corrected chi connectivity index (χ0v) is 11.0. The van der Waals surface area contributed by atoms with Crippen molar-refractivity contribution in [2.45, 2.75) is 26.3 Å². The summed E-state index contributed by atoms with van der Waals surface area (Å²) in [6, 6.07) is -0.272. The number of hydrogen-bond donors (Lipinski definition) is 2. The third kappa shape index (κ3) is 3.97. The van der Waals surface area contributed by atoms with Crippen LogP contribution in [0.4, 0.5) is 13.2 Å². The van der Waals surface area contributed by atoms with E-state index in [1.165, 1.54) is 0 Å². The lowest BCUT2D eigenvalue weighted by molar-refractivity contribution is -0.120. The summed E-state index contributed by atoms with van der Waals surface area (Å²) in [7, 11) is 0. The van der Waals surface area contributed by atoms with Gasteiger partial charge in [0.2, 0.25) is 5.91 Å². The average molecular weight is 288 g/mol. The molecule has 0 bridgehead atoms. The minimum atomic E-state index is -1.34. The van der Waals surface area contributed by atoms with Gasteiger partial charge in [0.25, 0.3) is 5.91 Å².